The maximum absolute atomic E-state index is 11.6. The molecule has 0 bridgehead atoms. The summed E-state index contributed by atoms with van der Waals surface area (Å²) >= 11 is 0. The zero-order valence-corrected chi connectivity index (χ0v) is 9.16. The van der Waals surface area contributed by atoms with Gasteiger partial charge in [-0.2, -0.15) is 0 Å². The molecule has 5 nitrogen and oxygen atoms in total. The van der Waals surface area contributed by atoms with E-state index < -0.39 is 18.1 Å². The standard InChI is InChI=1S/C10H18N2O3/c1-6(2)8(9(11)13)12-10(14)7-4-3-5-15-7/h6-8H,3-5H2,1-2H3,(H2,11,13)(H,12,14)/t7-,8-/m0/s1. The summed E-state index contributed by atoms with van der Waals surface area (Å²) in [6.45, 7) is 4.29. The second-order valence-corrected chi connectivity index (χ2v) is 4.13. The third-order valence-corrected chi connectivity index (χ3v) is 2.49. The maximum atomic E-state index is 11.6. The number of amides is 2. The van der Waals surface area contributed by atoms with Crippen molar-refractivity contribution in [3.63, 3.8) is 0 Å². The normalized spacial score (nSPS) is 22.7. The van der Waals surface area contributed by atoms with Crippen molar-refractivity contribution in [3.8, 4) is 0 Å². The number of primary amides is 1. The van der Waals surface area contributed by atoms with Gasteiger partial charge in [-0.3, -0.25) is 9.59 Å². The van der Waals surface area contributed by atoms with Crippen LogP contribution < -0.4 is 11.1 Å². The van der Waals surface area contributed by atoms with E-state index in [1.165, 1.54) is 0 Å². The number of nitrogens with one attached hydrogen (secondary N) is 1. The lowest BCUT2D eigenvalue weighted by atomic mass is 10.0. The summed E-state index contributed by atoms with van der Waals surface area (Å²) in [7, 11) is 0. The summed E-state index contributed by atoms with van der Waals surface area (Å²) < 4.78 is 5.21. The fraction of sp³-hybridized carbons (Fsp3) is 0.800. The van der Waals surface area contributed by atoms with Gasteiger partial charge in [0.15, 0.2) is 0 Å². The Balaban J connectivity index is 2.50. The Labute approximate surface area is 89.3 Å². The van der Waals surface area contributed by atoms with Gasteiger partial charge in [-0.15, -0.1) is 0 Å². The SMILES string of the molecule is CC(C)[C@H](NC(=O)[C@@H]1CCCO1)C(N)=O. The number of ether oxygens (including phenoxy) is 1. The summed E-state index contributed by atoms with van der Waals surface area (Å²) in [5.41, 5.74) is 5.19. The van der Waals surface area contributed by atoms with Crippen LogP contribution in [0.25, 0.3) is 0 Å². The molecule has 15 heavy (non-hydrogen) atoms. The van der Waals surface area contributed by atoms with E-state index >= 15 is 0 Å². The zero-order valence-electron chi connectivity index (χ0n) is 9.16. The molecule has 0 spiro atoms. The number of rotatable bonds is 4. The van der Waals surface area contributed by atoms with Crippen LogP contribution in [0.2, 0.25) is 0 Å². The monoisotopic (exact) mass is 214 g/mol. The summed E-state index contributed by atoms with van der Waals surface area (Å²) in [5.74, 6) is -0.741. The first-order chi connectivity index (χ1) is 7.02. The lowest BCUT2D eigenvalue weighted by molar-refractivity contribution is -0.134. The Bertz CT molecular complexity index is 247. The average Bonchev–Trinajstić information content (AvgIpc) is 2.65. The minimum atomic E-state index is -0.610. The van der Waals surface area contributed by atoms with Crippen LogP contribution >= 0.6 is 0 Å². The second-order valence-electron chi connectivity index (χ2n) is 4.13. The van der Waals surface area contributed by atoms with Crippen molar-refractivity contribution < 1.29 is 14.3 Å². The molecule has 1 fully saturated rings. The van der Waals surface area contributed by atoms with Gasteiger partial charge in [-0.1, -0.05) is 13.8 Å². The van der Waals surface area contributed by atoms with Gasteiger partial charge in [-0.05, 0) is 18.8 Å². The molecule has 0 aromatic rings. The van der Waals surface area contributed by atoms with Gasteiger partial charge in [0.2, 0.25) is 11.8 Å². The summed E-state index contributed by atoms with van der Waals surface area (Å²) in [6, 6.07) is -0.610. The fourth-order valence-corrected chi connectivity index (χ4v) is 1.60. The molecule has 0 aliphatic carbocycles. The molecular weight excluding hydrogens is 196 g/mol. The minimum absolute atomic E-state index is 0.00662. The van der Waals surface area contributed by atoms with Crippen LogP contribution in [0.4, 0.5) is 0 Å². The van der Waals surface area contributed by atoms with Crippen LogP contribution in [0.15, 0.2) is 0 Å². The molecule has 0 saturated carbocycles. The molecule has 0 aromatic carbocycles. The molecule has 1 heterocycles. The van der Waals surface area contributed by atoms with E-state index in [4.69, 9.17) is 10.5 Å². The van der Waals surface area contributed by atoms with Crippen LogP contribution in [0, 0.1) is 5.92 Å². The van der Waals surface area contributed by atoms with Crippen LogP contribution in [0.1, 0.15) is 26.7 Å². The van der Waals surface area contributed by atoms with Crippen molar-refractivity contribution in [2.24, 2.45) is 11.7 Å². The van der Waals surface area contributed by atoms with E-state index in [0.717, 1.165) is 12.8 Å². The molecule has 1 aliphatic heterocycles. The van der Waals surface area contributed by atoms with Gasteiger partial charge >= 0.3 is 0 Å². The number of nitrogens with two attached hydrogens (primary N) is 1. The van der Waals surface area contributed by atoms with Crippen LogP contribution in [0.5, 0.6) is 0 Å². The Morgan fingerprint density at radius 3 is 2.53 bits per heavy atom. The number of carbonyl (C=O) groups is 2. The topological polar surface area (TPSA) is 81.4 Å². The number of hydrogen-bond acceptors (Lipinski definition) is 3. The molecule has 1 aliphatic rings. The second kappa shape index (κ2) is 5.11. The fourth-order valence-electron chi connectivity index (χ4n) is 1.60. The maximum Gasteiger partial charge on any atom is 0.249 e. The van der Waals surface area contributed by atoms with Crippen molar-refractivity contribution in [1.82, 2.24) is 5.32 Å². The van der Waals surface area contributed by atoms with Gasteiger partial charge in [-0.25, -0.2) is 0 Å². The molecule has 2 atom stereocenters. The summed E-state index contributed by atoms with van der Waals surface area (Å²) in [6.07, 6.45) is 1.20. The first-order valence-corrected chi connectivity index (χ1v) is 5.23. The quantitative estimate of drug-likeness (QED) is 0.679. The summed E-state index contributed by atoms with van der Waals surface area (Å²) in [4.78, 5) is 22.7. The molecule has 1 rings (SSSR count). The highest BCUT2D eigenvalue weighted by Crippen LogP contribution is 2.12. The highest BCUT2D eigenvalue weighted by atomic mass is 16.5. The molecule has 86 valence electrons. The first-order valence-electron chi connectivity index (χ1n) is 5.23. The van der Waals surface area contributed by atoms with E-state index in [-0.39, 0.29) is 11.8 Å². The Morgan fingerprint density at radius 1 is 1.47 bits per heavy atom. The van der Waals surface area contributed by atoms with Crippen molar-refractivity contribution in [1.29, 1.82) is 0 Å². The number of hydrogen-bond donors (Lipinski definition) is 2. The highest BCUT2D eigenvalue weighted by molar-refractivity contribution is 5.88. The number of carbonyl (C=O) groups excluding carboxylic acids is 2. The lowest BCUT2D eigenvalue weighted by Crippen LogP contribution is -2.50. The molecule has 0 radical (unpaired) electrons. The van der Waals surface area contributed by atoms with Gasteiger partial charge in [0.1, 0.15) is 12.1 Å². The Morgan fingerprint density at radius 2 is 2.13 bits per heavy atom. The van der Waals surface area contributed by atoms with Gasteiger partial charge < -0.3 is 15.8 Å². The van der Waals surface area contributed by atoms with Crippen LogP contribution in [0.3, 0.4) is 0 Å². The molecule has 2 amide bonds. The van der Waals surface area contributed by atoms with E-state index in [0.29, 0.717) is 6.61 Å². The van der Waals surface area contributed by atoms with Gasteiger partial charge in [0.25, 0.3) is 0 Å². The van der Waals surface area contributed by atoms with Gasteiger partial charge in [0.05, 0.1) is 0 Å². The first kappa shape index (κ1) is 12.0. The molecule has 3 N–H and O–H groups in total. The van der Waals surface area contributed by atoms with Crippen LogP contribution in [-0.2, 0) is 14.3 Å². The largest absolute Gasteiger partial charge is 0.368 e. The highest BCUT2D eigenvalue weighted by Gasteiger charge is 2.28. The minimum Gasteiger partial charge on any atom is -0.368 e. The lowest BCUT2D eigenvalue weighted by Gasteiger charge is -2.20. The molecule has 1 saturated heterocycles. The predicted molar refractivity (Wildman–Crippen MR) is 54.9 cm³/mol. The van der Waals surface area contributed by atoms with Crippen molar-refractivity contribution in [2.45, 2.75) is 38.8 Å². The molecular formula is C10H18N2O3. The average molecular weight is 214 g/mol. The smallest absolute Gasteiger partial charge is 0.249 e. The van der Waals surface area contributed by atoms with E-state index in [1.54, 1.807) is 0 Å². The van der Waals surface area contributed by atoms with Crippen molar-refractivity contribution in [3.05, 3.63) is 0 Å². The zero-order chi connectivity index (χ0) is 11.4. The van der Waals surface area contributed by atoms with Crippen molar-refractivity contribution >= 4 is 11.8 Å². The Hall–Kier alpha value is -1.10. The van der Waals surface area contributed by atoms with Crippen LogP contribution in [-0.4, -0.2) is 30.6 Å². The third kappa shape index (κ3) is 3.20. The predicted octanol–water partition coefficient (Wildman–Crippen LogP) is -0.208. The van der Waals surface area contributed by atoms with Crippen molar-refractivity contribution in [2.75, 3.05) is 6.61 Å². The van der Waals surface area contributed by atoms with E-state index in [1.807, 2.05) is 13.8 Å². The molecule has 5 heteroatoms. The van der Waals surface area contributed by atoms with Gasteiger partial charge in [0, 0.05) is 6.61 Å². The Kier molecular flexibility index (Phi) is 4.08. The van der Waals surface area contributed by atoms with E-state index in [2.05, 4.69) is 5.32 Å². The summed E-state index contributed by atoms with van der Waals surface area (Å²) in [5, 5.41) is 2.62. The van der Waals surface area contributed by atoms with E-state index in [9.17, 15) is 9.59 Å². The molecule has 0 unspecified atom stereocenters. The molecule has 0 aromatic heterocycles. The third-order valence-electron chi connectivity index (χ3n) is 2.49.